The van der Waals surface area contributed by atoms with Crippen LogP contribution < -0.4 is 4.74 Å². The predicted octanol–water partition coefficient (Wildman–Crippen LogP) is 3.66. The molecular formula is C16H19NO2. The van der Waals surface area contributed by atoms with Crippen LogP contribution in [0.1, 0.15) is 32.0 Å². The van der Waals surface area contributed by atoms with Crippen molar-refractivity contribution in [2.24, 2.45) is 0 Å². The van der Waals surface area contributed by atoms with Crippen molar-refractivity contribution in [3.05, 3.63) is 53.9 Å². The Bertz CT molecular complexity index is 559. The lowest BCUT2D eigenvalue weighted by Gasteiger charge is -2.22. The van der Waals surface area contributed by atoms with Crippen LogP contribution in [0, 0.1) is 0 Å². The lowest BCUT2D eigenvalue weighted by molar-refractivity contribution is 0.276. The number of nitrogens with zero attached hydrogens (tertiary/aromatic N) is 1. The second kappa shape index (κ2) is 5.41. The fourth-order valence-electron chi connectivity index (χ4n) is 1.91. The lowest BCUT2D eigenvalue weighted by Crippen LogP contribution is -2.12. The average molecular weight is 257 g/mol. The number of hydrogen-bond donors (Lipinski definition) is 1. The largest absolute Gasteiger partial charge is 0.457 e. The Morgan fingerprint density at radius 1 is 1.16 bits per heavy atom. The number of para-hydroxylation sites is 1. The Labute approximate surface area is 113 Å². The maximum Gasteiger partial charge on any atom is 0.131 e. The van der Waals surface area contributed by atoms with E-state index < -0.39 is 0 Å². The smallest absolute Gasteiger partial charge is 0.131 e. The second-order valence-corrected chi connectivity index (χ2v) is 5.49. The molecule has 0 amide bonds. The van der Waals surface area contributed by atoms with Crippen molar-refractivity contribution in [1.82, 2.24) is 4.98 Å². The molecule has 0 atom stereocenters. The topological polar surface area (TPSA) is 42.4 Å². The van der Waals surface area contributed by atoms with Crippen LogP contribution in [-0.4, -0.2) is 10.1 Å². The molecular weight excluding hydrogens is 238 g/mol. The molecule has 19 heavy (non-hydrogen) atoms. The van der Waals surface area contributed by atoms with E-state index in [-0.39, 0.29) is 12.0 Å². The molecule has 2 rings (SSSR count). The second-order valence-electron chi connectivity index (χ2n) is 5.49. The summed E-state index contributed by atoms with van der Waals surface area (Å²) in [6, 6.07) is 11.5. The van der Waals surface area contributed by atoms with Gasteiger partial charge < -0.3 is 9.84 Å². The molecule has 1 heterocycles. The number of rotatable bonds is 3. The van der Waals surface area contributed by atoms with Crippen LogP contribution in [0.2, 0.25) is 0 Å². The van der Waals surface area contributed by atoms with E-state index in [1.165, 1.54) is 0 Å². The molecule has 3 nitrogen and oxygen atoms in total. The van der Waals surface area contributed by atoms with Crippen molar-refractivity contribution in [3.8, 4) is 11.5 Å². The lowest BCUT2D eigenvalue weighted by atomic mass is 9.86. The van der Waals surface area contributed by atoms with Gasteiger partial charge in [-0.05, 0) is 17.5 Å². The van der Waals surface area contributed by atoms with Gasteiger partial charge in [0, 0.05) is 17.8 Å². The van der Waals surface area contributed by atoms with Crippen molar-refractivity contribution >= 4 is 0 Å². The summed E-state index contributed by atoms with van der Waals surface area (Å²) in [6.07, 6.45) is 1.64. The van der Waals surface area contributed by atoms with E-state index in [1.807, 2.05) is 18.2 Å². The first-order valence-corrected chi connectivity index (χ1v) is 6.34. The van der Waals surface area contributed by atoms with Crippen molar-refractivity contribution in [2.45, 2.75) is 32.8 Å². The van der Waals surface area contributed by atoms with Crippen molar-refractivity contribution in [1.29, 1.82) is 0 Å². The first-order chi connectivity index (χ1) is 9.00. The minimum atomic E-state index is -0.0852. The van der Waals surface area contributed by atoms with Crippen molar-refractivity contribution in [3.63, 3.8) is 0 Å². The number of aliphatic hydroxyl groups is 1. The van der Waals surface area contributed by atoms with Crippen LogP contribution in [0.3, 0.4) is 0 Å². The predicted molar refractivity (Wildman–Crippen MR) is 75.4 cm³/mol. The molecule has 0 saturated heterocycles. The number of hydrogen-bond acceptors (Lipinski definition) is 3. The highest BCUT2D eigenvalue weighted by Crippen LogP contribution is 2.33. The fourth-order valence-corrected chi connectivity index (χ4v) is 1.91. The van der Waals surface area contributed by atoms with Crippen LogP contribution in [-0.2, 0) is 12.0 Å². The Kier molecular flexibility index (Phi) is 3.86. The summed E-state index contributed by atoms with van der Waals surface area (Å²) in [5.41, 5.74) is 1.77. The van der Waals surface area contributed by atoms with E-state index in [0.717, 1.165) is 11.3 Å². The van der Waals surface area contributed by atoms with Gasteiger partial charge in [0.2, 0.25) is 0 Å². The average Bonchev–Trinajstić information content (AvgIpc) is 2.38. The zero-order valence-electron chi connectivity index (χ0n) is 11.6. The Balaban J connectivity index is 2.33. The quantitative estimate of drug-likeness (QED) is 0.912. The normalized spacial score (nSPS) is 11.4. The van der Waals surface area contributed by atoms with Crippen LogP contribution in [0.4, 0.5) is 0 Å². The zero-order chi connectivity index (χ0) is 13.9. The highest BCUT2D eigenvalue weighted by molar-refractivity contribution is 5.41. The van der Waals surface area contributed by atoms with Gasteiger partial charge in [-0.15, -0.1) is 0 Å². The summed E-state index contributed by atoms with van der Waals surface area (Å²) in [4.78, 5) is 4.04. The fraction of sp³-hybridized carbons (Fsp3) is 0.312. The van der Waals surface area contributed by atoms with E-state index in [0.29, 0.717) is 11.4 Å². The maximum atomic E-state index is 9.09. The molecule has 100 valence electrons. The zero-order valence-corrected chi connectivity index (χ0v) is 11.6. The van der Waals surface area contributed by atoms with Crippen LogP contribution in [0.15, 0.2) is 42.6 Å². The molecule has 1 N–H and O–H groups in total. The van der Waals surface area contributed by atoms with Crippen LogP contribution in [0.25, 0.3) is 0 Å². The maximum absolute atomic E-state index is 9.09. The van der Waals surface area contributed by atoms with E-state index in [1.54, 1.807) is 18.3 Å². The summed E-state index contributed by atoms with van der Waals surface area (Å²) in [5, 5.41) is 9.09. The third-order valence-electron chi connectivity index (χ3n) is 2.87. The Morgan fingerprint density at radius 3 is 2.58 bits per heavy atom. The first kappa shape index (κ1) is 13.6. The Hall–Kier alpha value is -1.87. The van der Waals surface area contributed by atoms with Gasteiger partial charge >= 0.3 is 0 Å². The number of aromatic nitrogens is 1. The summed E-state index contributed by atoms with van der Waals surface area (Å²) in [6.45, 7) is 6.38. The molecule has 0 unspecified atom stereocenters. The standard InChI is InChI=1S/C16H19NO2/c1-16(2,3)14-6-4-5-7-15(14)19-13-8-9-17-12(10-13)11-18/h4-10,18H,11H2,1-3H3. The van der Waals surface area contributed by atoms with Crippen LogP contribution in [0.5, 0.6) is 11.5 Å². The molecule has 0 radical (unpaired) electrons. The molecule has 0 aliphatic heterocycles. The number of ether oxygens (including phenoxy) is 1. The van der Waals surface area contributed by atoms with E-state index in [9.17, 15) is 0 Å². The SMILES string of the molecule is CC(C)(C)c1ccccc1Oc1ccnc(CO)c1. The summed E-state index contributed by atoms with van der Waals surface area (Å²) >= 11 is 0. The van der Waals surface area contributed by atoms with Crippen LogP contribution >= 0.6 is 0 Å². The molecule has 0 bridgehead atoms. The van der Waals surface area contributed by atoms with Gasteiger partial charge in [0.15, 0.2) is 0 Å². The molecule has 2 aromatic rings. The third kappa shape index (κ3) is 3.32. The van der Waals surface area contributed by atoms with E-state index in [2.05, 4.69) is 31.8 Å². The number of benzene rings is 1. The molecule has 0 saturated carbocycles. The third-order valence-corrected chi connectivity index (χ3v) is 2.87. The van der Waals surface area contributed by atoms with E-state index >= 15 is 0 Å². The summed E-state index contributed by atoms with van der Waals surface area (Å²) in [7, 11) is 0. The van der Waals surface area contributed by atoms with Gasteiger partial charge in [0.1, 0.15) is 11.5 Å². The highest BCUT2D eigenvalue weighted by atomic mass is 16.5. The molecule has 0 spiro atoms. The summed E-state index contributed by atoms with van der Waals surface area (Å²) < 4.78 is 5.93. The first-order valence-electron chi connectivity index (χ1n) is 6.34. The molecule has 3 heteroatoms. The van der Waals surface area contributed by atoms with Gasteiger partial charge in [0.05, 0.1) is 12.3 Å². The molecule has 0 fully saturated rings. The van der Waals surface area contributed by atoms with Gasteiger partial charge in [-0.25, -0.2) is 0 Å². The van der Waals surface area contributed by atoms with E-state index in [4.69, 9.17) is 9.84 Å². The minimum absolute atomic E-state index is 0.0173. The molecule has 0 aliphatic carbocycles. The van der Waals surface area contributed by atoms with Gasteiger partial charge in [-0.2, -0.15) is 0 Å². The summed E-state index contributed by atoms with van der Waals surface area (Å²) in [5.74, 6) is 1.53. The Morgan fingerprint density at radius 2 is 1.89 bits per heavy atom. The molecule has 1 aromatic carbocycles. The molecule has 0 aliphatic rings. The van der Waals surface area contributed by atoms with Gasteiger partial charge in [-0.3, -0.25) is 4.98 Å². The number of pyridine rings is 1. The van der Waals surface area contributed by atoms with Crippen molar-refractivity contribution in [2.75, 3.05) is 0 Å². The molecule has 1 aromatic heterocycles. The van der Waals surface area contributed by atoms with Crippen molar-refractivity contribution < 1.29 is 9.84 Å². The van der Waals surface area contributed by atoms with Gasteiger partial charge in [-0.1, -0.05) is 39.0 Å². The highest BCUT2D eigenvalue weighted by Gasteiger charge is 2.18. The minimum Gasteiger partial charge on any atom is -0.457 e. The van der Waals surface area contributed by atoms with Gasteiger partial charge in [0.25, 0.3) is 0 Å². The number of aliphatic hydroxyl groups excluding tert-OH is 1. The monoisotopic (exact) mass is 257 g/mol.